The highest BCUT2D eigenvalue weighted by molar-refractivity contribution is 7.99. The van der Waals surface area contributed by atoms with Gasteiger partial charge >= 0.3 is 0 Å². The molecule has 0 spiro atoms. The SMILES string of the molecule is CC(C)=CCC/C(C)=C/CC/C(C)=C/CSCC(C)NC(=O)CCc1ccccc1. The summed E-state index contributed by atoms with van der Waals surface area (Å²) in [5.41, 5.74) is 5.57. The third kappa shape index (κ3) is 14.3. The Morgan fingerprint density at radius 3 is 2.23 bits per heavy atom. The molecule has 0 aliphatic heterocycles. The van der Waals surface area contributed by atoms with Gasteiger partial charge in [0.25, 0.3) is 0 Å². The van der Waals surface area contributed by atoms with Crippen LogP contribution in [0.5, 0.6) is 0 Å². The van der Waals surface area contributed by atoms with Crippen molar-refractivity contribution in [3.63, 3.8) is 0 Å². The number of hydrogen-bond acceptors (Lipinski definition) is 2. The van der Waals surface area contributed by atoms with E-state index >= 15 is 0 Å². The van der Waals surface area contributed by atoms with Crippen molar-refractivity contribution in [2.45, 2.75) is 79.2 Å². The maximum Gasteiger partial charge on any atom is 0.220 e. The molecule has 0 aliphatic carbocycles. The second kappa shape index (κ2) is 16.0. The minimum atomic E-state index is 0.144. The Balaban J connectivity index is 2.14. The first kappa shape index (κ1) is 26.3. The zero-order valence-electron chi connectivity index (χ0n) is 19.7. The maximum absolute atomic E-state index is 12.1. The van der Waals surface area contributed by atoms with Crippen LogP contribution in [0.15, 0.2) is 65.3 Å². The monoisotopic (exact) mass is 427 g/mol. The number of carbonyl (C=O) groups excluding carboxylic acids is 1. The molecule has 1 rings (SSSR count). The molecular formula is C27H41NOS. The lowest BCUT2D eigenvalue weighted by Gasteiger charge is -2.13. The molecule has 30 heavy (non-hydrogen) atoms. The molecule has 1 amide bonds. The summed E-state index contributed by atoms with van der Waals surface area (Å²) in [5.74, 6) is 2.11. The standard InChI is InChI=1S/C27H41NOS/c1-22(2)11-9-12-23(3)13-10-14-24(4)19-20-30-21-25(5)28-27(29)18-17-26-15-7-6-8-16-26/h6-8,11,13,15-16,19,25H,9-10,12,14,17-18,20-21H2,1-5H3,(H,28,29)/b23-13+,24-19+. The van der Waals surface area contributed by atoms with Gasteiger partial charge in [0.1, 0.15) is 0 Å². The highest BCUT2D eigenvalue weighted by Crippen LogP contribution is 2.13. The van der Waals surface area contributed by atoms with Crippen LogP contribution in [0.25, 0.3) is 0 Å². The second-order valence-electron chi connectivity index (χ2n) is 8.45. The summed E-state index contributed by atoms with van der Waals surface area (Å²) in [4.78, 5) is 12.1. The first-order chi connectivity index (χ1) is 14.4. The van der Waals surface area contributed by atoms with Crippen molar-refractivity contribution in [1.29, 1.82) is 0 Å². The quantitative estimate of drug-likeness (QED) is 0.250. The Bertz CT molecular complexity index is 699. The Morgan fingerprint density at radius 2 is 1.57 bits per heavy atom. The van der Waals surface area contributed by atoms with E-state index in [0.717, 1.165) is 37.2 Å². The van der Waals surface area contributed by atoms with Gasteiger partial charge in [-0.3, -0.25) is 4.79 Å². The van der Waals surface area contributed by atoms with Crippen LogP contribution in [-0.4, -0.2) is 23.5 Å². The van der Waals surface area contributed by atoms with E-state index in [-0.39, 0.29) is 11.9 Å². The van der Waals surface area contributed by atoms with Crippen LogP contribution in [0.2, 0.25) is 0 Å². The number of amides is 1. The molecule has 0 radical (unpaired) electrons. The van der Waals surface area contributed by atoms with Crippen molar-refractivity contribution < 1.29 is 4.79 Å². The summed E-state index contributed by atoms with van der Waals surface area (Å²) in [6.45, 7) is 10.9. The Hall–Kier alpha value is -1.74. The molecule has 1 aromatic carbocycles. The van der Waals surface area contributed by atoms with Crippen LogP contribution in [-0.2, 0) is 11.2 Å². The van der Waals surface area contributed by atoms with Crippen molar-refractivity contribution in [3.05, 3.63) is 70.8 Å². The van der Waals surface area contributed by atoms with Crippen LogP contribution in [0.1, 0.15) is 72.3 Å². The summed E-state index contributed by atoms with van der Waals surface area (Å²) in [5, 5.41) is 3.12. The fourth-order valence-corrected chi connectivity index (χ4v) is 4.05. The van der Waals surface area contributed by atoms with Gasteiger partial charge in [-0.1, -0.05) is 65.3 Å². The van der Waals surface area contributed by atoms with Crippen molar-refractivity contribution in [1.82, 2.24) is 5.32 Å². The first-order valence-electron chi connectivity index (χ1n) is 11.2. The van der Waals surface area contributed by atoms with E-state index < -0.39 is 0 Å². The molecule has 0 aliphatic rings. The number of aryl methyl sites for hydroxylation is 1. The summed E-state index contributed by atoms with van der Waals surface area (Å²) >= 11 is 1.89. The molecule has 2 nitrogen and oxygen atoms in total. The lowest BCUT2D eigenvalue weighted by Crippen LogP contribution is -2.34. The number of rotatable bonds is 14. The van der Waals surface area contributed by atoms with Gasteiger partial charge in [-0.15, -0.1) is 0 Å². The maximum atomic E-state index is 12.1. The number of carbonyl (C=O) groups is 1. The number of nitrogens with one attached hydrogen (secondary N) is 1. The molecular weight excluding hydrogens is 386 g/mol. The lowest BCUT2D eigenvalue weighted by atomic mass is 10.1. The highest BCUT2D eigenvalue weighted by atomic mass is 32.2. The smallest absolute Gasteiger partial charge is 0.220 e. The minimum Gasteiger partial charge on any atom is -0.353 e. The normalized spacial score (nSPS) is 13.1. The third-order valence-electron chi connectivity index (χ3n) is 4.93. The van der Waals surface area contributed by atoms with Crippen molar-refractivity contribution in [2.24, 2.45) is 0 Å². The Morgan fingerprint density at radius 1 is 0.933 bits per heavy atom. The lowest BCUT2D eigenvalue weighted by molar-refractivity contribution is -0.121. The second-order valence-corrected chi connectivity index (χ2v) is 9.53. The number of thioether (sulfide) groups is 1. The predicted molar refractivity (Wildman–Crippen MR) is 135 cm³/mol. The van der Waals surface area contributed by atoms with Gasteiger partial charge in [0.2, 0.25) is 5.91 Å². The molecule has 0 fully saturated rings. The molecule has 1 N–H and O–H groups in total. The van der Waals surface area contributed by atoms with Crippen molar-refractivity contribution >= 4 is 17.7 Å². The summed E-state index contributed by atoms with van der Waals surface area (Å²) in [6, 6.07) is 10.4. The molecule has 0 aromatic heterocycles. The van der Waals surface area contributed by atoms with Gasteiger partial charge in [-0.25, -0.2) is 0 Å². The van der Waals surface area contributed by atoms with Crippen LogP contribution in [0.3, 0.4) is 0 Å². The van der Waals surface area contributed by atoms with Crippen LogP contribution < -0.4 is 5.32 Å². The van der Waals surface area contributed by atoms with E-state index in [1.165, 1.54) is 28.7 Å². The highest BCUT2D eigenvalue weighted by Gasteiger charge is 2.07. The molecule has 1 unspecified atom stereocenters. The van der Waals surface area contributed by atoms with Crippen LogP contribution in [0.4, 0.5) is 0 Å². The van der Waals surface area contributed by atoms with Gasteiger partial charge in [0.15, 0.2) is 0 Å². The van der Waals surface area contributed by atoms with Gasteiger partial charge in [-0.2, -0.15) is 11.8 Å². The number of allylic oxidation sites excluding steroid dienone is 5. The zero-order chi connectivity index (χ0) is 22.2. The number of hydrogen-bond donors (Lipinski definition) is 1. The molecule has 1 aromatic rings. The van der Waals surface area contributed by atoms with Gasteiger partial charge < -0.3 is 5.32 Å². The molecule has 0 bridgehead atoms. The largest absolute Gasteiger partial charge is 0.353 e. The molecule has 0 saturated carbocycles. The van der Waals surface area contributed by atoms with Crippen LogP contribution >= 0.6 is 11.8 Å². The van der Waals surface area contributed by atoms with Gasteiger partial charge in [-0.05, 0) is 72.3 Å². The van der Waals surface area contributed by atoms with E-state index in [4.69, 9.17) is 0 Å². The van der Waals surface area contributed by atoms with E-state index in [2.05, 4.69) is 70.3 Å². The van der Waals surface area contributed by atoms with Crippen molar-refractivity contribution in [3.8, 4) is 0 Å². The molecule has 3 heteroatoms. The summed E-state index contributed by atoms with van der Waals surface area (Å²) < 4.78 is 0. The first-order valence-corrected chi connectivity index (χ1v) is 12.4. The fourth-order valence-electron chi connectivity index (χ4n) is 3.08. The van der Waals surface area contributed by atoms with E-state index in [1.54, 1.807) is 0 Å². The fraction of sp³-hybridized carbons (Fsp3) is 0.519. The Kier molecular flexibility index (Phi) is 14.0. The van der Waals surface area contributed by atoms with E-state index in [1.807, 2.05) is 30.0 Å². The molecule has 166 valence electrons. The third-order valence-corrected chi connectivity index (χ3v) is 6.07. The minimum absolute atomic E-state index is 0.144. The topological polar surface area (TPSA) is 29.1 Å². The van der Waals surface area contributed by atoms with Crippen LogP contribution in [0, 0.1) is 0 Å². The predicted octanol–water partition coefficient (Wildman–Crippen LogP) is 7.28. The van der Waals surface area contributed by atoms with E-state index in [9.17, 15) is 4.79 Å². The zero-order valence-corrected chi connectivity index (χ0v) is 20.5. The van der Waals surface area contributed by atoms with Gasteiger partial charge in [0, 0.05) is 24.0 Å². The molecule has 1 atom stereocenters. The summed E-state index contributed by atoms with van der Waals surface area (Å²) in [6.07, 6.45) is 13.0. The van der Waals surface area contributed by atoms with E-state index in [0.29, 0.717) is 6.42 Å². The molecule has 0 saturated heterocycles. The van der Waals surface area contributed by atoms with Gasteiger partial charge in [0.05, 0.1) is 0 Å². The average molecular weight is 428 g/mol. The van der Waals surface area contributed by atoms with Crippen molar-refractivity contribution in [2.75, 3.05) is 11.5 Å². The summed E-state index contributed by atoms with van der Waals surface area (Å²) in [7, 11) is 0. The average Bonchev–Trinajstić information content (AvgIpc) is 2.70. The Labute approximate surface area is 189 Å². The number of benzene rings is 1. The molecule has 0 heterocycles.